The van der Waals surface area contributed by atoms with Gasteiger partial charge in [0.05, 0.1) is 26.9 Å². The number of nitrogens with zero attached hydrogens (tertiary/aromatic N) is 1. The molecule has 1 fully saturated rings. The molecule has 2 aromatic carbocycles. The van der Waals surface area contributed by atoms with E-state index in [9.17, 15) is 14.4 Å². The molecule has 2 N–H and O–H groups in total. The summed E-state index contributed by atoms with van der Waals surface area (Å²) in [4.78, 5) is 39.6. The molecular weight excluding hydrogens is 602 g/mol. The first kappa shape index (κ1) is 35.9. The van der Waals surface area contributed by atoms with E-state index < -0.39 is 23.9 Å². The van der Waals surface area contributed by atoms with Crippen molar-refractivity contribution in [1.82, 2.24) is 15.5 Å². The third-order valence-electron chi connectivity index (χ3n) is 7.35. The summed E-state index contributed by atoms with van der Waals surface area (Å²) in [7, 11) is 4.52. The van der Waals surface area contributed by atoms with Gasteiger partial charge in [-0.2, -0.15) is 0 Å². The highest BCUT2D eigenvalue weighted by Crippen LogP contribution is 2.35. The molecule has 1 heterocycles. The quantitative estimate of drug-likeness (QED) is 0.270. The van der Waals surface area contributed by atoms with Gasteiger partial charge in [0.2, 0.25) is 0 Å². The van der Waals surface area contributed by atoms with Gasteiger partial charge in [0.1, 0.15) is 17.5 Å². The van der Waals surface area contributed by atoms with E-state index in [1.54, 1.807) is 49.4 Å². The monoisotopic (exact) mass is 647 g/mol. The van der Waals surface area contributed by atoms with Gasteiger partial charge in [-0.15, -0.1) is 0 Å². The lowest BCUT2D eigenvalue weighted by Gasteiger charge is -2.34. The summed E-state index contributed by atoms with van der Waals surface area (Å²) in [6, 6.07) is 12.0. The summed E-state index contributed by atoms with van der Waals surface area (Å²) in [5.41, 5.74) is 1.08. The van der Waals surface area contributed by atoms with Gasteiger partial charge in [-0.1, -0.05) is 23.7 Å². The van der Waals surface area contributed by atoms with Gasteiger partial charge in [-0.3, -0.25) is 4.79 Å². The molecule has 0 aromatic heterocycles. The number of carbonyl (C=O) groups is 3. The number of ether oxygens (including phenoxy) is 5. The second-order valence-corrected chi connectivity index (χ2v) is 12.4. The van der Waals surface area contributed by atoms with Crippen LogP contribution in [0.4, 0.5) is 9.59 Å². The van der Waals surface area contributed by atoms with Crippen LogP contribution in [0.5, 0.6) is 5.75 Å². The van der Waals surface area contributed by atoms with E-state index >= 15 is 0 Å². The summed E-state index contributed by atoms with van der Waals surface area (Å²) >= 11 is 6.31. The Morgan fingerprint density at radius 3 is 2.53 bits per heavy atom. The Labute approximate surface area is 270 Å². The minimum Gasteiger partial charge on any atom is -0.496 e. The Hall–Kier alpha value is -3.54. The van der Waals surface area contributed by atoms with Crippen molar-refractivity contribution >= 4 is 29.7 Å². The molecule has 3 rings (SSSR count). The average molecular weight is 648 g/mol. The Kier molecular flexibility index (Phi) is 13.8. The van der Waals surface area contributed by atoms with E-state index in [-0.39, 0.29) is 37.6 Å². The van der Waals surface area contributed by atoms with E-state index in [1.165, 1.54) is 7.11 Å². The highest BCUT2D eigenvalue weighted by atomic mass is 35.5. The highest BCUT2D eigenvalue weighted by Gasteiger charge is 2.29. The van der Waals surface area contributed by atoms with Crippen LogP contribution in [0.25, 0.3) is 0 Å². The van der Waals surface area contributed by atoms with Crippen LogP contribution in [-0.4, -0.2) is 88.8 Å². The van der Waals surface area contributed by atoms with Crippen LogP contribution in [0, 0.1) is 5.92 Å². The first-order chi connectivity index (χ1) is 21.4. The van der Waals surface area contributed by atoms with Gasteiger partial charge in [-0.05, 0) is 81.8 Å². The van der Waals surface area contributed by atoms with Crippen molar-refractivity contribution in [2.45, 2.75) is 57.8 Å². The zero-order valence-corrected chi connectivity index (χ0v) is 27.8. The molecule has 0 radical (unpaired) electrons. The van der Waals surface area contributed by atoms with Crippen LogP contribution in [0.3, 0.4) is 0 Å². The van der Waals surface area contributed by atoms with Crippen molar-refractivity contribution in [3.8, 4) is 5.75 Å². The summed E-state index contributed by atoms with van der Waals surface area (Å²) < 4.78 is 27.8. The largest absolute Gasteiger partial charge is 0.496 e. The zero-order chi connectivity index (χ0) is 33.0. The number of hydrogen-bond donors (Lipinski definition) is 2. The number of likely N-dealkylation sites (N-methyl/N-ethyl adjacent to an activating group) is 1. The number of alkyl carbamates (subject to hydrolysis) is 1. The number of carbonyl (C=O) groups excluding carboxylic acids is 3. The van der Waals surface area contributed by atoms with Crippen LogP contribution in [0.1, 0.15) is 67.6 Å². The Bertz CT molecular complexity index is 1280. The lowest BCUT2D eigenvalue weighted by atomic mass is 9.93. The van der Waals surface area contributed by atoms with E-state index in [4.69, 9.17) is 30.5 Å². The molecule has 1 saturated heterocycles. The van der Waals surface area contributed by atoms with Crippen molar-refractivity contribution in [3.05, 3.63) is 64.2 Å². The fraction of sp³-hybridized carbons (Fsp3) is 0.545. The molecule has 248 valence electrons. The summed E-state index contributed by atoms with van der Waals surface area (Å²) in [5, 5.41) is 6.13. The Morgan fingerprint density at radius 1 is 1.11 bits per heavy atom. The van der Waals surface area contributed by atoms with Gasteiger partial charge in [0.25, 0.3) is 5.91 Å². The molecule has 0 spiro atoms. The Balaban J connectivity index is 1.83. The fourth-order valence-corrected chi connectivity index (χ4v) is 5.27. The lowest BCUT2D eigenvalue weighted by Crippen LogP contribution is -2.48. The molecule has 0 saturated carbocycles. The number of nitrogens with one attached hydrogen (secondary N) is 2. The van der Waals surface area contributed by atoms with Crippen LogP contribution < -0.4 is 15.4 Å². The maximum absolute atomic E-state index is 13.6. The minimum absolute atomic E-state index is 0.148. The second kappa shape index (κ2) is 17.2. The van der Waals surface area contributed by atoms with Crippen LogP contribution in [0.2, 0.25) is 5.02 Å². The van der Waals surface area contributed by atoms with Crippen LogP contribution in [-0.2, 0) is 18.9 Å². The molecule has 2 aromatic rings. The first-order valence-corrected chi connectivity index (χ1v) is 15.5. The molecule has 3 atom stereocenters. The van der Waals surface area contributed by atoms with Crippen LogP contribution in [0.15, 0.2) is 42.5 Å². The van der Waals surface area contributed by atoms with Crippen molar-refractivity contribution in [2.24, 2.45) is 5.92 Å². The SMILES string of the molecule is COC(=O)NCCOC(c1cccc(Cl)c1)c1cc(C(=O)NC[C@H](C[C@H]2CCCOC2)N(C)C(=O)OC(C)(C)C)ccc1OC. The van der Waals surface area contributed by atoms with Gasteiger partial charge in [0, 0.05) is 49.5 Å². The Morgan fingerprint density at radius 2 is 1.89 bits per heavy atom. The van der Waals surface area contributed by atoms with Gasteiger partial charge < -0.3 is 39.2 Å². The summed E-state index contributed by atoms with van der Waals surface area (Å²) in [6.07, 6.45) is 0.934. The van der Waals surface area contributed by atoms with E-state index in [2.05, 4.69) is 15.4 Å². The molecule has 3 amide bonds. The molecule has 45 heavy (non-hydrogen) atoms. The average Bonchev–Trinajstić information content (AvgIpc) is 3.01. The third-order valence-corrected chi connectivity index (χ3v) is 7.59. The second-order valence-electron chi connectivity index (χ2n) is 12.0. The van der Waals surface area contributed by atoms with Crippen LogP contribution >= 0.6 is 11.6 Å². The van der Waals surface area contributed by atoms with E-state index in [0.29, 0.717) is 34.9 Å². The summed E-state index contributed by atoms with van der Waals surface area (Å²) in [6.45, 7) is 7.39. The fourth-order valence-electron chi connectivity index (χ4n) is 5.07. The van der Waals surface area contributed by atoms with Crippen molar-refractivity contribution in [3.63, 3.8) is 0 Å². The zero-order valence-electron chi connectivity index (χ0n) is 27.0. The topological polar surface area (TPSA) is 125 Å². The van der Waals surface area contributed by atoms with Crippen molar-refractivity contribution < 1.29 is 38.1 Å². The minimum atomic E-state index is -0.664. The van der Waals surface area contributed by atoms with Gasteiger partial charge >= 0.3 is 12.2 Å². The molecule has 11 nitrogen and oxygen atoms in total. The maximum atomic E-state index is 13.6. The third kappa shape index (κ3) is 11.4. The number of hydrogen-bond acceptors (Lipinski definition) is 8. The molecule has 0 aliphatic carbocycles. The first-order valence-electron chi connectivity index (χ1n) is 15.1. The molecule has 12 heteroatoms. The van der Waals surface area contributed by atoms with Crippen molar-refractivity contribution in [2.75, 3.05) is 54.2 Å². The number of benzene rings is 2. The predicted molar refractivity (Wildman–Crippen MR) is 171 cm³/mol. The standard InChI is InChI=1S/C33H46ClN3O8/c1-33(2,3)45-32(40)37(4)26(17-22-9-8-15-43-21-22)20-36-30(38)24-12-13-28(41-5)27(19-24)29(23-10-7-11-25(34)18-23)44-16-14-35-31(39)42-6/h7,10-13,18-19,22,26,29H,8-9,14-17,20-21H2,1-6H3,(H,35,39)(H,36,38)/t22-,26+,29?/m1/s1. The van der Waals surface area contributed by atoms with Crippen molar-refractivity contribution in [1.29, 1.82) is 0 Å². The number of rotatable bonds is 13. The normalized spacial score (nSPS) is 16.2. The van der Waals surface area contributed by atoms with Gasteiger partial charge in [-0.25, -0.2) is 9.59 Å². The van der Waals surface area contributed by atoms with Gasteiger partial charge in [0.15, 0.2) is 0 Å². The maximum Gasteiger partial charge on any atom is 0.410 e. The highest BCUT2D eigenvalue weighted by molar-refractivity contribution is 6.30. The number of amides is 3. The molecule has 1 aliphatic rings. The van der Waals surface area contributed by atoms with E-state index in [1.807, 2.05) is 32.9 Å². The van der Waals surface area contributed by atoms with E-state index in [0.717, 1.165) is 25.0 Å². The molecule has 1 aliphatic heterocycles. The number of halogens is 1. The smallest absolute Gasteiger partial charge is 0.410 e. The number of methoxy groups -OCH3 is 2. The molecule has 1 unspecified atom stereocenters. The molecule has 0 bridgehead atoms. The lowest BCUT2D eigenvalue weighted by molar-refractivity contribution is 0.0112. The molecular formula is C33H46ClN3O8. The predicted octanol–water partition coefficient (Wildman–Crippen LogP) is 5.59. The summed E-state index contributed by atoms with van der Waals surface area (Å²) in [5.74, 6) is 0.457.